The van der Waals surface area contributed by atoms with Gasteiger partial charge >= 0.3 is 0 Å². The molecule has 0 saturated carbocycles. The van der Waals surface area contributed by atoms with Crippen molar-refractivity contribution in [1.29, 1.82) is 0 Å². The molecule has 1 amide bonds. The summed E-state index contributed by atoms with van der Waals surface area (Å²) in [7, 11) is 2.64. The quantitative estimate of drug-likeness (QED) is 0.116. The third kappa shape index (κ3) is 11.0. The third-order valence-corrected chi connectivity index (χ3v) is 6.82. The van der Waals surface area contributed by atoms with E-state index in [9.17, 15) is 45.6 Å². The minimum Gasteiger partial charge on any atom is -0.394 e. The molecule has 3 heterocycles. The summed E-state index contributed by atoms with van der Waals surface area (Å²) in [4.78, 5) is 10.9. The van der Waals surface area contributed by atoms with E-state index in [-0.39, 0.29) is 12.0 Å². The molecule has 44 heavy (non-hydrogen) atoms. The summed E-state index contributed by atoms with van der Waals surface area (Å²) in [5, 5.41) is 105. The number of hydrogen-bond acceptors (Lipinski definition) is 18. The van der Waals surface area contributed by atoms with Crippen LogP contribution in [0.4, 0.5) is 0 Å². The van der Waals surface area contributed by atoms with Crippen LogP contribution in [0.15, 0.2) is 0 Å². The molecule has 3 saturated heterocycles. The number of methoxy groups -OCH3 is 2. The molecule has 3 fully saturated rings. The van der Waals surface area contributed by atoms with Gasteiger partial charge in [0.15, 0.2) is 18.9 Å². The molecule has 0 aromatic rings. The second-order valence-corrected chi connectivity index (χ2v) is 10.5. The highest BCUT2D eigenvalue weighted by atomic mass is 16.7. The van der Waals surface area contributed by atoms with E-state index in [1.54, 1.807) is 13.8 Å². The van der Waals surface area contributed by atoms with Crippen LogP contribution in [0.1, 0.15) is 20.8 Å². The molecule has 19 heteroatoms. The van der Waals surface area contributed by atoms with Crippen LogP contribution in [0.5, 0.6) is 0 Å². The molecule has 6 unspecified atom stereocenters. The van der Waals surface area contributed by atoms with Gasteiger partial charge in [0.05, 0.1) is 25.9 Å². The van der Waals surface area contributed by atoms with Gasteiger partial charge in [-0.25, -0.2) is 0 Å². The Labute approximate surface area is 254 Å². The molecule has 15 atom stereocenters. The second kappa shape index (κ2) is 19.5. The summed E-state index contributed by atoms with van der Waals surface area (Å²) in [6.07, 6.45) is -16.4. The van der Waals surface area contributed by atoms with Crippen molar-refractivity contribution in [3.05, 3.63) is 0 Å². The normalized spacial score (nSPS) is 42.4. The zero-order valence-electron chi connectivity index (χ0n) is 25.1. The molecule has 0 aromatic carbocycles. The maximum atomic E-state index is 10.9. The molecule has 12 N–H and O–H groups in total. The molecule has 3 aliphatic heterocycles. The third-order valence-electron chi connectivity index (χ3n) is 6.82. The van der Waals surface area contributed by atoms with Gasteiger partial charge in [0.25, 0.3) is 0 Å². The number of ether oxygens (including phenoxy) is 6. The van der Waals surface area contributed by atoms with E-state index < -0.39 is 112 Å². The van der Waals surface area contributed by atoms with Crippen molar-refractivity contribution < 1.29 is 89.4 Å². The summed E-state index contributed by atoms with van der Waals surface area (Å²) in [6, 6.07) is -0.861. The van der Waals surface area contributed by atoms with Crippen molar-refractivity contribution in [2.45, 2.75) is 119 Å². The maximum Gasteiger partial charge on any atom is 0.217 e. The van der Waals surface area contributed by atoms with Crippen molar-refractivity contribution in [1.82, 2.24) is 5.32 Å². The van der Waals surface area contributed by atoms with Crippen molar-refractivity contribution >= 4 is 5.91 Å². The Kier molecular flexibility index (Phi) is 18.0. The van der Waals surface area contributed by atoms with Crippen LogP contribution in [-0.4, -0.2) is 194 Å². The van der Waals surface area contributed by atoms with Crippen molar-refractivity contribution in [3.63, 3.8) is 0 Å². The molecule has 0 aliphatic carbocycles. The number of aliphatic hydroxyl groups excluding tert-OH is 11. The number of carbonyl (C=O) groups excluding carboxylic acids is 1. The monoisotopic (exact) mass is 651 g/mol. The second-order valence-electron chi connectivity index (χ2n) is 10.5. The number of hydrogen-bond donors (Lipinski definition) is 12. The average Bonchev–Trinajstić information content (AvgIpc) is 2.99. The highest BCUT2D eigenvalue weighted by Crippen LogP contribution is 2.24. The first-order valence-corrected chi connectivity index (χ1v) is 13.8. The molecule has 19 nitrogen and oxygen atoms in total. The predicted molar refractivity (Wildman–Crippen MR) is 143 cm³/mol. The lowest BCUT2D eigenvalue weighted by Crippen LogP contribution is -2.64. The van der Waals surface area contributed by atoms with Crippen molar-refractivity contribution in [2.75, 3.05) is 34.0 Å². The van der Waals surface area contributed by atoms with E-state index in [0.29, 0.717) is 0 Å². The highest BCUT2D eigenvalue weighted by molar-refractivity contribution is 5.73. The van der Waals surface area contributed by atoms with Crippen LogP contribution in [0.3, 0.4) is 0 Å². The van der Waals surface area contributed by atoms with E-state index in [2.05, 4.69) is 5.32 Å². The Balaban J connectivity index is 0.000000332. The van der Waals surface area contributed by atoms with Gasteiger partial charge in [0, 0.05) is 21.1 Å². The molecule has 3 rings (SSSR count). The highest BCUT2D eigenvalue weighted by Gasteiger charge is 2.46. The van der Waals surface area contributed by atoms with Gasteiger partial charge in [-0.15, -0.1) is 0 Å². The number of rotatable bonds is 8. The zero-order chi connectivity index (χ0) is 33.9. The Hall–Kier alpha value is -1.21. The topological polar surface area (TPSA) is 307 Å². The molecular weight excluding hydrogens is 602 g/mol. The van der Waals surface area contributed by atoms with Crippen LogP contribution in [-0.2, 0) is 33.2 Å². The van der Waals surface area contributed by atoms with Gasteiger partial charge in [-0.3, -0.25) is 4.79 Å². The zero-order valence-corrected chi connectivity index (χ0v) is 25.1. The first-order valence-electron chi connectivity index (χ1n) is 13.8. The first kappa shape index (κ1) is 40.8. The van der Waals surface area contributed by atoms with Crippen molar-refractivity contribution in [3.8, 4) is 0 Å². The standard InChI is InChI=1S/C9H17NO6.C9H18O6.C7H14O6/c1-4(12)10-6-8(14)7(13)5(3-11)16-9(6)15-2;1-4(2)14-9-8(13)7(12)6(11)5(3-10)15-9;1-12-7-6(11)5(10)4(9)3(2-8)13-7/h5-9,11,13-14H,3H2,1-2H3,(H,10,12);4-13H,3H2,1-2H3;3-11H,2H2,1H3/t5?,6?,7-,8+,9+;5?,6-,7+,8?,9+;3?,4-,5-,6?,7+/m010/s1. The number of nitrogens with one attached hydrogen (secondary N) is 1. The number of amides is 1. The van der Waals surface area contributed by atoms with Gasteiger partial charge < -0.3 is 89.9 Å². The maximum absolute atomic E-state index is 10.9. The van der Waals surface area contributed by atoms with Gasteiger partial charge in [0.1, 0.15) is 73.2 Å². The van der Waals surface area contributed by atoms with Crippen LogP contribution in [0, 0.1) is 0 Å². The fourth-order valence-corrected chi connectivity index (χ4v) is 4.38. The van der Waals surface area contributed by atoms with E-state index >= 15 is 0 Å². The lowest BCUT2D eigenvalue weighted by Gasteiger charge is -2.41. The fourth-order valence-electron chi connectivity index (χ4n) is 4.38. The molecule has 0 bridgehead atoms. The summed E-state index contributed by atoms with van der Waals surface area (Å²) < 4.78 is 30.1. The van der Waals surface area contributed by atoms with Gasteiger partial charge in [0.2, 0.25) is 5.91 Å². The van der Waals surface area contributed by atoms with Crippen molar-refractivity contribution in [2.24, 2.45) is 0 Å². The van der Waals surface area contributed by atoms with E-state index in [4.69, 9.17) is 43.7 Å². The van der Waals surface area contributed by atoms with E-state index in [1.165, 1.54) is 21.1 Å². The molecule has 3 aliphatic rings. The summed E-state index contributed by atoms with van der Waals surface area (Å²) in [6.45, 7) is 3.46. The van der Waals surface area contributed by atoms with Gasteiger partial charge in [-0.05, 0) is 13.8 Å². The summed E-state index contributed by atoms with van der Waals surface area (Å²) in [5.41, 5.74) is 0. The average molecular weight is 652 g/mol. The van der Waals surface area contributed by atoms with Crippen LogP contribution >= 0.6 is 0 Å². The van der Waals surface area contributed by atoms with Crippen LogP contribution in [0.25, 0.3) is 0 Å². The smallest absolute Gasteiger partial charge is 0.217 e. The minimum absolute atomic E-state index is 0.188. The van der Waals surface area contributed by atoms with E-state index in [0.717, 1.165) is 0 Å². The summed E-state index contributed by atoms with van der Waals surface area (Å²) >= 11 is 0. The molecular formula is C25H49NO18. The molecule has 0 radical (unpaired) electrons. The molecule has 0 spiro atoms. The SMILES string of the molecule is CC(C)O[C@H]1OC(CO)[C@@H](O)[C@H](O)C1O.CO[C@@H]1OC(CO)[C@H](O)[C@H](O)C1NC(C)=O.CO[C@@H]1OC(CO)[C@H](O)[C@H](O)C1O. The number of carbonyl (C=O) groups is 1. The molecule has 0 aromatic heterocycles. The predicted octanol–water partition coefficient (Wildman–Crippen LogP) is -6.78. The first-order chi connectivity index (χ1) is 20.6. The largest absolute Gasteiger partial charge is 0.394 e. The lowest BCUT2D eigenvalue weighted by atomic mass is 9.97. The lowest BCUT2D eigenvalue weighted by molar-refractivity contribution is -0.308. The minimum atomic E-state index is -1.38. The van der Waals surface area contributed by atoms with Gasteiger partial charge in [-0.1, -0.05) is 0 Å². The van der Waals surface area contributed by atoms with Crippen LogP contribution < -0.4 is 5.32 Å². The summed E-state index contributed by atoms with van der Waals surface area (Å²) in [5.74, 6) is -0.371. The Morgan fingerprint density at radius 1 is 0.614 bits per heavy atom. The van der Waals surface area contributed by atoms with Crippen LogP contribution in [0.2, 0.25) is 0 Å². The Morgan fingerprint density at radius 3 is 1.34 bits per heavy atom. The molecule has 262 valence electrons. The van der Waals surface area contributed by atoms with E-state index in [1.807, 2.05) is 0 Å². The Morgan fingerprint density at radius 2 is 0.977 bits per heavy atom. The van der Waals surface area contributed by atoms with Gasteiger partial charge in [-0.2, -0.15) is 0 Å². The number of aliphatic hydroxyl groups is 11. The fraction of sp³-hybridized carbons (Fsp3) is 0.960. The Bertz CT molecular complexity index is 787.